The minimum absolute atomic E-state index is 0.710. The van der Waals surface area contributed by atoms with Crippen molar-refractivity contribution in [2.24, 2.45) is 0 Å². The van der Waals surface area contributed by atoms with Gasteiger partial charge in [0, 0.05) is 0 Å². The van der Waals surface area contributed by atoms with Gasteiger partial charge in [-0.15, -0.1) is 0 Å². The fourth-order valence-electron chi connectivity index (χ4n) is 1.47. The molecule has 10 heavy (non-hydrogen) atoms. The third-order valence-electron chi connectivity index (χ3n) is 1.75. The quantitative estimate of drug-likeness (QED) is 0.446. The average Bonchev–Trinajstić information content (AvgIpc) is 2.12. The van der Waals surface area contributed by atoms with Crippen LogP contribution in [0.4, 0.5) is 0 Å². The summed E-state index contributed by atoms with van der Waals surface area (Å²) < 4.78 is 0. The predicted octanol–water partition coefficient (Wildman–Crippen LogP) is 2.28. The van der Waals surface area contributed by atoms with Crippen molar-refractivity contribution in [2.75, 3.05) is 16.9 Å². The van der Waals surface area contributed by atoms with Crippen LogP contribution in [-0.2, 0) is 10.9 Å². The van der Waals surface area contributed by atoms with E-state index in [1.54, 1.807) is 16.9 Å². The molecule has 1 rings (SSSR count). The molecule has 0 nitrogen and oxygen atoms in total. The topological polar surface area (TPSA) is 0 Å². The predicted molar refractivity (Wildman–Crippen MR) is 54.5 cm³/mol. The van der Waals surface area contributed by atoms with Crippen LogP contribution in [0.25, 0.3) is 0 Å². The Bertz CT molecular complexity index is 100. The van der Waals surface area contributed by atoms with Gasteiger partial charge in [0.15, 0.2) is 0 Å². The lowest BCUT2D eigenvalue weighted by Crippen LogP contribution is -2.32. The second-order valence-corrected chi connectivity index (χ2v) is 12.7. The zero-order chi connectivity index (χ0) is 7.61. The molecule has 60 valence electrons. The Morgan fingerprint density at radius 2 is 1.60 bits per heavy atom. The summed E-state index contributed by atoms with van der Waals surface area (Å²) >= 11 is 0. The van der Waals surface area contributed by atoms with Gasteiger partial charge >= 0.3 is 0 Å². The summed E-state index contributed by atoms with van der Waals surface area (Å²) in [6, 6.07) is 0. The summed E-state index contributed by atoms with van der Waals surface area (Å²) in [5.41, 5.74) is 0. The third-order valence-corrected chi connectivity index (χ3v) is 8.58. The molecule has 1 aliphatic heterocycles. The summed E-state index contributed by atoms with van der Waals surface area (Å²) in [7, 11) is 0.155. The van der Waals surface area contributed by atoms with Crippen molar-refractivity contribution in [1.82, 2.24) is 0 Å². The van der Waals surface area contributed by atoms with Crippen molar-refractivity contribution >= 4 is 19.0 Å². The van der Waals surface area contributed by atoms with Crippen molar-refractivity contribution in [1.29, 1.82) is 0 Å². The highest BCUT2D eigenvalue weighted by Gasteiger charge is 2.30. The first-order valence-corrected chi connectivity index (χ1v) is 9.66. The smallest absolute Gasteiger partial charge is 0.0653 e. The van der Waals surface area contributed by atoms with Crippen LogP contribution in [0.1, 0.15) is 12.8 Å². The Morgan fingerprint density at radius 1 is 1.10 bits per heavy atom. The molecule has 1 aliphatic rings. The van der Waals surface area contributed by atoms with Gasteiger partial charge in [-0.05, 0) is 23.7 Å². The molecule has 1 heterocycles. The van der Waals surface area contributed by atoms with Gasteiger partial charge < -0.3 is 0 Å². The highest BCUT2D eigenvalue weighted by Crippen LogP contribution is 2.17. The van der Waals surface area contributed by atoms with Crippen LogP contribution in [0.15, 0.2) is 0 Å². The van der Waals surface area contributed by atoms with Gasteiger partial charge in [0.2, 0.25) is 0 Å². The first kappa shape index (κ1) is 8.66. The van der Waals surface area contributed by atoms with Crippen molar-refractivity contribution in [2.45, 2.75) is 32.5 Å². The minimum Gasteiger partial charge on any atom is -0.0653 e. The molecular formula is C8H19SSi+. The van der Waals surface area contributed by atoms with Crippen LogP contribution >= 0.6 is 0 Å². The van der Waals surface area contributed by atoms with Gasteiger partial charge in [0.25, 0.3) is 0 Å². The van der Waals surface area contributed by atoms with Gasteiger partial charge in [-0.25, -0.2) is 0 Å². The van der Waals surface area contributed by atoms with Crippen molar-refractivity contribution in [3.8, 4) is 0 Å². The lowest BCUT2D eigenvalue weighted by molar-refractivity contribution is 0.949. The molecule has 1 saturated heterocycles. The SMILES string of the molecule is C[Si](C)(C)C[S+]1CCCC1. The van der Waals surface area contributed by atoms with Gasteiger partial charge in [0.05, 0.1) is 5.38 Å². The van der Waals surface area contributed by atoms with Crippen LogP contribution in [0.2, 0.25) is 19.6 Å². The fraction of sp³-hybridized carbons (Fsp3) is 1.00. The van der Waals surface area contributed by atoms with E-state index in [1.807, 2.05) is 0 Å². The zero-order valence-corrected chi connectivity index (χ0v) is 9.26. The molecule has 1 fully saturated rings. The van der Waals surface area contributed by atoms with E-state index < -0.39 is 8.07 Å². The lowest BCUT2D eigenvalue weighted by atomic mass is 10.4. The van der Waals surface area contributed by atoms with Crippen molar-refractivity contribution < 1.29 is 0 Å². The number of hydrogen-bond donors (Lipinski definition) is 0. The van der Waals surface area contributed by atoms with Crippen molar-refractivity contribution in [3.05, 3.63) is 0 Å². The molecular weight excluding hydrogens is 156 g/mol. The molecule has 0 saturated carbocycles. The molecule has 2 heteroatoms. The number of hydrogen-bond acceptors (Lipinski definition) is 0. The molecule has 0 aromatic carbocycles. The summed E-state index contributed by atoms with van der Waals surface area (Å²) in [6.45, 7) is 7.50. The summed E-state index contributed by atoms with van der Waals surface area (Å²) in [5, 5.41) is 1.60. The van der Waals surface area contributed by atoms with E-state index in [-0.39, 0.29) is 0 Å². The minimum atomic E-state index is -0.710. The van der Waals surface area contributed by atoms with E-state index >= 15 is 0 Å². The van der Waals surface area contributed by atoms with E-state index in [2.05, 4.69) is 19.6 Å². The second-order valence-electron chi connectivity index (χ2n) is 4.43. The maximum absolute atomic E-state index is 2.50. The van der Waals surface area contributed by atoms with Crippen LogP contribution in [0, 0.1) is 0 Å². The Balaban J connectivity index is 2.24. The summed E-state index contributed by atoms with van der Waals surface area (Å²) in [6.07, 6.45) is 3.04. The third kappa shape index (κ3) is 3.11. The largest absolute Gasteiger partial charge is 0.108 e. The van der Waals surface area contributed by atoms with E-state index in [0.29, 0.717) is 0 Å². The average molecular weight is 175 g/mol. The maximum atomic E-state index is 2.50. The molecule has 0 spiro atoms. The summed E-state index contributed by atoms with van der Waals surface area (Å²) in [4.78, 5) is 0. The Morgan fingerprint density at radius 3 is 2.00 bits per heavy atom. The van der Waals surface area contributed by atoms with Crippen LogP contribution in [0.5, 0.6) is 0 Å². The molecule has 0 atom stereocenters. The normalized spacial score (nSPS) is 21.9. The molecule has 0 radical (unpaired) electrons. The number of rotatable bonds is 2. The Kier molecular flexibility index (Phi) is 2.87. The maximum Gasteiger partial charge on any atom is 0.108 e. The monoisotopic (exact) mass is 175 g/mol. The van der Waals surface area contributed by atoms with E-state index in [1.165, 1.54) is 12.8 Å². The van der Waals surface area contributed by atoms with Crippen LogP contribution in [0.3, 0.4) is 0 Å². The molecule has 0 unspecified atom stereocenters. The van der Waals surface area contributed by atoms with Gasteiger partial charge in [-0.2, -0.15) is 0 Å². The van der Waals surface area contributed by atoms with E-state index in [0.717, 1.165) is 10.9 Å². The highest BCUT2D eigenvalue weighted by atomic mass is 32.2. The molecule has 0 bridgehead atoms. The fourth-order valence-corrected chi connectivity index (χ4v) is 8.95. The Labute approximate surface area is 68.8 Å². The second kappa shape index (κ2) is 3.31. The van der Waals surface area contributed by atoms with E-state index in [4.69, 9.17) is 0 Å². The van der Waals surface area contributed by atoms with Gasteiger partial charge in [-0.3, -0.25) is 0 Å². The lowest BCUT2D eigenvalue weighted by Gasteiger charge is -2.13. The molecule has 0 aliphatic carbocycles. The zero-order valence-electron chi connectivity index (χ0n) is 7.44. The Hall–Kier alpha value is 0.567. The molecule has 0 amide bonds. The van der Waals surface area contributed by atoms with Crippen molar-refractivity contribution in [3.63, 3.8) is 0 Å². The molecule has 0 N–H and O–H groups in total. The highest BCUT2D eigenvalue weighted by molar-refractivity contribution is 7.98. The van der Waals surface area contributed by atoms with Gasteiger partial charge in [0.1, 0.15) is 19.6 Å². The summed E-state index contributed by atoms with van der Waals surface area (Å²) in [5.74, 6) is 3.12. The van der Waals surface area contributed by atoms with E-state index in [9.17, 15) is 0 Å². The molecule has 0 aromatic rings. The first-order valence-electron chi connectivity index (χ1n) is 4.22. The standard InChI is InChI=1S/C8H19SSi/c1-10(2,3)8-9-6-4-5-7-9/h4-8H2,1-3H3/q+1. The van der Waals surface area contributed by atoms with Crippen LogP contribution in [-0.4, -0.2) is 25.0 Å². The molecule has 0 aromatic heterocycles. The van der Waals surface area contributed by atoms with Gasteiger partial charge in [-0.1, -0.05) is 19.6 Å². The first-order chi connectivity index (χ1) is 4.58. The van der Waals surface area contributed by atoms with Crippen LogP contribution < -0.4 is 0 Å².